The van der Waals surface area contributed by atoms with Crippen molar-refractivity contribution in [3.05, 3.63) is 29.8 Å². The monoisotopic (exact) mass is 194 g/mol. The van der Waals surface area contributed by atoms with E-state index in [1.807, 2.05) is 18.2 Å². The minimum Gasteiger partial charge on any atom is -0.487 e. The third-order valence-electron chi connectivity index (χ3n) is 2.11. The van der Waals surface area contributed by atoms with Crippen LogP contribution >= 0.6 is 0 Å². The summed E-state index contributed by atoms with van der Waals surface area (Å²) in [6, 6.07) is 8.13. The Balaban J connectivity index is 2.43. The second kappa shape index (κ2) is 4.47. The lowest BCUT2D eigenvalue weighted by molar-refractivity contribution is -0.870. The van der Waals surface area contributed by atoms with Gasteiger partial charge in [-0.15, -0.1) is 0 Å². The molecular formula is C12H20NO+. The van der Waals surface area contributed by atoms with Crippen LogP contribution in [-0.2, 0) is 0 Å². The molecule has 0 atom stereocenters. The van der Waals surface area contributed by atoms with Crippen LogP contribution in [0, 0.1) is 6.92 Å². The maximum Gasteiger partial charge on any atom is 0.137 e. The predicted molar refractivity (Wildman–Crippen MR) is 59.6 cm³/mol. The summed E-state index contributed by atoms with van der Waals surface area (Å²) in [6.07, 6.45) is 0. The summed E-state index contributed by atoms with van der Waals surface area (Å²) >= 11 is 0. The molecule has 0 amide bonds. The van der Waals surface area contributed by atoms with Gasteiger partial charge in [0.05, 0.1) is 21.1 Å². The van der Waals surface area contributed by atoms with Crippen molar-refractivity contribution in [2.24, 2.45) is 0 Å². The first-order valence-corrected chi connectivity index (χ1v) is 4.98. The molecule has 0 spiro atoms. The molecule has 0 aliphatic carbocycles. The van der Waals surface area contributed by atoms with Crippen LogP contribution in [0.1, 0.15) is 5.56 Å². The minimum absolute atomic E-state index is 0.772. The summed E-state index contributed by atoms with van der Waals surface area (Å²) in [7, 11) is 6.50. The largest absolute Gasteiger partial charge is 0.487 e. The molecule has 0 aliphatic heterocycles. The fraction of sp³-hybridized carbons (Fsp3) is 0.500. The molecule has 0 saturated carbocycles. The Labute approximate surface area is 86.7 Å². The number of hydrogen-bond donors (Lipinski definition) is 0. The van der Waals surface area contributed by atoms with Crippen LogP contribution in [0.15, 0.2) is 24.3 Å². The number of benzene rings is 1. The summed E-state index contributed by atoms with van der Waals surface area (Å²) in [4.78, 5) is 0. The summed E-state index contributed by atoms with van der Waals surface area (Å²) in [6.45, 7) is 3.87. The topological polar surface area (TPSA) is 9.23 Å². The van der Waals surface area contributed by atoms with Crippen molar-refractivity contribution in [3.63, 3.8) is 0 Å². The molecule has 0 saturated heterocycles. The van der Waals surface area contributed by atoms with Crippen molar-refractivity contribution in [1.29, 1.82) is 0 Å². The van der Waals surface area contributed by atoms with E-state index >= 15 is 0 Å². The number of para-hydroxylation sites is 1. The highest BCUT2D eigenvalue weighted by Gasteiger charge is 2.06. The van der Waals surface area contributed by atoms with E-state index in [0.29, 0.717) is 0 Å². The van der Waals surface area contributed by atoms with Crippen LogP contribution in [0.5, 0.6) is 5.75 Å². The number of nitrogens with zero attached hydrogens (tertiary/aromatic N) is 1. The van der Waals surface area contributed by atoms with Crippen molar-refractivity contribution < 1.29 is 9.22 Å². The molecule has 0 fully saturated rings. The normalized spacial score (nSPS) is 11.4. The van der Waals surface area contributed by atoms with Crippen LogP contribution in [0.4, 0.5) is 0 Å². The first kappa shape index (κ1) is 11.1. The second-order valence-electron chi connectivity index (χ2n) is 4.63. The first-order valence-electron chi connectivity index (χ1n) is 4.98. The van der Waals surface area contributed by atoms with E-state index in [-0.39, 0.29) is 0 Å². The highest BCUT2D eigenvalue weighted by atomic mass is 16.5. The van der Waals surface area contributed by atoms with Crippen LogP contribution < -0.4 is 4.74 Å². The molecule has 0 aromatic heterocycles. The lowest BCUT2D eigenvalue weighted by atomic mass is 10.2. The third-order valence-corrected chi connectivity index (χ3v) is 2.11. The van der Waals surface area contributed by atoms with E-state index in [9.17, 15) is 0 Å². The van der Waals surface area contributed by atoms with Crippen molar-refractivity contribution >= 4 is 0 Å². The Kier molecular flexibility index (Phi) is 3.53. The van der Waals surface area contributed by atoms with Gasteiger partial charge in [-0.05, 0) is 18.6 Å². The van der Waals surface area contributed by atoms with Gasteiger partial charge in [-0.25, -0.2) is 0 Å². The van der Waals surface area contributed by atoms with E-state index in [2.05, 4.69) is 34.1 Å². The molecule has 1 rings (SSSR count). The number of ether oxygens (including phenoxy) is 1. The maximum absolute atomic E-state index is 5.70. The fourth-order valence-corrected chi connectivity index (χ4v) is 1.15. The van der Waals surface area contributed by atoms with Crippen LogP contribution in [-0.4, -0.2) is 38.8 Å². The summed E-state index contributed by atoms with van der Waals surface area (Å²) in [5.41, 5.74) is 1.20. The zero-order chi connectivity index (χ0) is 10.6. The van der Waals surface area contributed by atoms with Gasteiger partial charge in [-0.2, -0.15) is 0 Å². The van der Waals surface area contributed by atoms with Gasteiger partial charge in [0.1, 0.15) is 18.9 Å². The smallest absolute Gasteiger partial charge is 0.137 e. The highest BCUT2D eigenvalue weighted by Crippen LogP contribution is 2.15. The molecule has 0 unspecified atom stereocenters. The third kappa shape index (κ3) is 3.79. The molecule has 0 bridgehead atoms. The molecule has 1 aromatic rings. The number of rotatable bonds is 4. The lowest BCUT2D eigenvalue weighted by Crippen LogP contribution is -2.38. The molecule has 0 N–H and O–H groups in total. The Morgan fingerprint density at radius 3 is 2.36 bits per heavy atom. The van der Waals surface area contributed by atoms with Crippen LogP contribution in [0.25, 0.3) is 0 Å². The Morgan fingerprint density at radius 1 is 1.14 bits per heavy atom. The molecular weight excluding hydrogens is 174 g/mol. The highest BCUT2D eigenvalue weighted by molar-refractivity contribution is 5.31. The average Bonchev–Trinajstić information content (AvgIpc) is 2.06. The molecule has 0 radical (unpaired) electrons. The molecule has 14 heavy (non-hydrogen) atoms. The number of quaternary nitrogens is 1. The summed E-state index contributed by atoms with van der Waals surface area (Å²) in [5.74, 6) is 1.00. The minimum atomic E-state index is 0.772. The Morgan fingerprint density at radius 2 is 1.79 bits per heavy atom. The predicted octanol–water partition coefficient (Wildman–Crippen LogP) is 2.08. The van der Waals surface area contributed by atoms with E-state index in [4.69, 9.17) is 4.74 Å². The van der Waals surface area contributed by atoms with Gasteiger partial charge in [-0.1, -0.05) is 18.2 Å². The number of likely N-dealkylation sites (N-methyl/N-ethyl adjacent to an activating group) is 1. The van der Waals surface area contributed by atoms with E-state index in [1.165, 1.54) is 5.56 Å². The van der Waals surface area contributed by atoms with Gasteiger partial charge in [-0.3, -0.25) is 0 Å². The molecule has 2 heteroatoms. The van der Waals surface area contributed by atoms with Gasteiger partial charge >= 0.3 is 0 Å². The van der Waals surface area contributed by atoms with E-state index in [1.54, 1.807) is 0 Å². The molecule has 1 aromatic carbocycles. The van der Waals surface area contributed by atoms with Gasteiger partial charge in [0.15, 0.2) is 0 Å². The maximum atomic E-state index is 5.70. The first-order chi connectivity index (χ1) is 6.49. The van der Waals surface area contributed by atoms with E-state index < -0.39 is 0 Å². The van der Waals surface area contributed by atoms with Gasteiger partial charge < -0.3 is 9.22 Å². The van der Waals surface area contributed by atoms with E-state index in [0.717, 1.165) is 23.4 Å². The van der Waals surface area contributed by atoms with Crippen molar-refractivity contribution in [3.8, 4) is 5.75 Å². The molecule has 0 aliphatic rings. The van der Waals surface area contributed by atoms with Crippen LogP contribution in [0.3, 0.4) is 0 Å². The van der Waals surface area contributed by atoms with Crippen molar-refractivity contribution in [2.75, 3.05) is 34.3 Å². The van der Waals surface area contributed by atoms with Gasteiger partial charge in [0.2, 0.25) is 0 Å². The molecule has 2 nitrogen and oxygen atoms in total. The lowest BCUT2D eigenvalue weighted by Gasteiger charge is -2.23. The zero-order valence-electron chi connectivity index (χ0n) is 9.58. The average molecular weight is 194 g/mol. The number of aryl methyl sites for hydroxylation is 1. The second-order valence-corrected chi connectivity index (χ2v) is 4.63. The zero-order valence-corrected chi connectivity index (χ0v) is 9.58. The fourth-order valence-electron chi connectivity index (χ4n) is 1.15. The SMILES string of the molecule is Cc1ccccc1OCC[N+](C)(C)C. The molecule has 78 valence electrons. The standard InChI is InChI=1S/C12H20NO/c1-11-7-5-6-8-12(11)14-10-9-13(2,3)4/h5-8H,9-10H2,1-4H3/q+1. The number of hydrogen-bond acceptors (Lipinski definition) is 1. The molecule has 0 heterocycles. The summed E-state index contributed by atoms with van der Waals surface area (Å²) < 4.78 is 6.63. The Bertz CT molecular complexity index is 289. The van der Waals surface area contributed by atoms with Crippen molar-refractivity contribution in [1.82, 2.24) is 0 Å². The van der Waals surface area contributed by atoms with Crippen LogP contribution in [0.2, 0.25) is 0 Å². The van der Waals surface area contributed by atoms with Gasteiger partial charge in [0, 0.05) is 0 Å². The summed E-state index contributed by atoms with van der Waals surface area (Å²) in [5, 5.41) is 0. The van der Waals surface area contributed by atoms with Crippen molar-refractivity contribution in [2.45, 2.75) is 6.92 Å². The van der Waals surface area contributed by atoms with Gasteiger partial charge in [0.25, 0.3) is 0 Å². The Hall–Kier alpha value is -1.02. The quantitative estimate of drug-likeness (QED) is 0.667.